The van der Waals surface area contributed by atoms with Crippen LogP contribution in [0.25, 0.3) is 0 Å². The van der Waals surface area contributed by atoms with Crippen molar-refractivity contribution < 1.29 is 0 Å². The van der Waals surface area contributed by atoms with Gasteiger partial charge in [-0.2, -0.15) is 0 Å². The maximum absolute atomic E-state index is 4.78. The molecule has 0 radical (unpaired) electrons. The van der Waals surface area contributed by atoms with E-state index in [0.29, 0.717) is 0 Å². The monoisotopic (exact) mass is 272 g/mol. The molecule has 3 aliphatic heterocycles. The summed E-state index contributed by atoms with van der Waals surface area (Å²) in [5.41, 5.74) is 3.06. The number of amidine groups is 1. The summed E-state index contributed by atoms with van der Waals surface area (Å²) < 4.78 is 0. The van der Waals surface area contributed by atoms with Gasteiger partial charge in [0.25, 0.3) is 0 Å². The van der Waals surface area contributed by atoms with Gasteiger partial charge in [0.1, 0.15) is 10.8 Å². The third kappa shape index (κ3) is 1.24. The molecule has 98 valence electrons. The van der Waals surface area contributed by atoms with E-state index in [0.717, 1.165) is 32.1 Å². The fourth-order valence-electron chi connectivity index (χ4n) is 3.69. The van der Waals surface area contributed by atoms with Crippen molar-refractivity contribution in [2.75, 3.05) is 31.1 Å². The molecule has 0 saturated heterocycles. The van der Waals surface area contributed by atoms with Crippen molar-refractivity contribution in [1.82, 2.24) is 4.90 Å². The molecule has 0 bridgehead atoms. The van der Waals surface area contributed by atoms with Crippen molar-refractivity contribution in [1.29, 1.82) is 0 Å². The molecule has 1 aromatic rings. The smallest absolute Gasteiger partial charge is 0.207 e. The van der Waals surface area contributed by atoms with Crippen molar-refractivity contribution in [2.24, 2.45) is 9.98 Å². The zero-order valence-corrected chi connectivity index (χ0v) is 11.7. The highest BCUT2D eigenvalue weighted by atomic mass is 32.1. The second-order valence-corrected chi connectivity index (χ2v) is 6.66. The van der Waals surface area contributed by atoms with Gasteiger partial charge in [0.2, 0.25) is 5.96 Å². The van der Waals surface area contributed by atoms with E-state index in [1.54, 1.807) is 10.4 Å². The van der Waals surface area contributed by atoms with Crippen LogP contribution in [0.15, 0.2) is 9.98 Å². The molecule has 1 aliphatic carbocycles. The predicted octanol–water partition coefficient (Wildman–Crippen LogP) is 1.88. The number of hydrogen-bond donors (Lipinski definition) is 0. The molecular formula is C14H16N4S. The lowest BCUT2D eigenvalue weighted by atomic mass is 9.94. The van der Waals surface area contributed by atoms with Crippen LogP contribution in [-0.2, 0) is 12.8 Å². The van der Waals surface area contributed by atoms with Crippen molar-refractivity contribution in [3.05, 3.63) is 16.0 Å². The number of rotatable bonds is 0. The normalized spacial score (nSPS) is 23.6. The SMILES string of the molecule is C1CCc2c(sc3c2C2=NCCN2C2=NCCN23)C1. The molecule has 0 aromatic carbocycles. The Morgan fingerprint density at radius 2 is 1.79 bits per heavy atom. The summed E-state index contributed by atoms with van der Waals surface area (Å²) in [4.78, 5) is 15.9. The topological polar surface area (TPSA) is 31.2 Å². The van der Waals surface area contributed by atoms with Gasteiger partial charge in [0, 0.05) is 18.0 Å². The largest absolute Gasteiger partial charge is 0.301 e. The molecule has 0 unspecified atom stereocenters. The Bertz CT molecular complexity index is 628. The van der Waals surface area contributed by atoms with E-state index in [1.165, 1.54) is 42.1 Å². The number of aliphatic imine (C=N–C) groups is 2. The lowest BCUT2D eigenvalue weighted by Gasteiger charge is -2.33. The molecule has 0 fully saturated rings. The van der Waals surface area contributed by atoms with E-state index in [-0.39, 0.29) is 0 Å². The molecule has 0 amide bonds. The molecule has 4 heterocycles. The quantitative estimate of drug-likeness (QED) is 0.722. The minimum Gasteiger partial charge on any atom is -0.301 e. The second-order valence-electron chi connectivity index (χ2n) is 5.58. The predicted molar refractivity (Wildman–Crippen MR) is 78.7 cm³/mol. The number of guanidine groups is 1. The fourth-order valence-corrected chi connectivity index (χ4v) is 5.09. The van der Waals surface area contributed by atoms with Crippen LogP contribution in [0, 0.1) is 0 Å². The minimum atomic E-state index is 0.923. The lowest BCUT2D eigenvalue weighted by Crippen LogP contribution is -2.48. The van der Waals surface area contributed by atoms with Gasteiger partial charge in [-0.05, 0) is 31.2 Å². The summed E-state index contributed by atoms with van der Waals surface area (Å²) in [6.45, 7) is 3.91. The lowest BCUT2D eigenvalue weighted by molar-refractivity contribution is 0.646. The van der Waals surface area contributed by atoms with Crippen LogP contribution >= 0.6 is 11.3 Å². The molecule has 0 saturated carbocycles. The summed E-state index contributed by atoms with van der Waals surface area (Å²) in [7, 11) is 0. The highest BCUT2D eigenvalue weighted by Crippen LogP contribution is 2.44. The Labute approximate surface area is 116 Å². The zero-order valence-electron chi connectivity index (χ0n) is 10.9. The molecule has 5 heteroatoms. The van der Waals surface area contributed by atoms with E-state index in [1.807, 2.05) is 11.3 Å². The first-order chi connectivity index (χ1) is 9.43. The third-order valence-electron chi connectivity index (χ3n) is 4.52. The van der Waals surface area contributed by atoms with Crippen molar-refractivity contribution in [3.8, 4) is 0 Å². The first kappa shape index (κ1) is 10.4. The Morgan fingerprint density at radius 3 is 2.79 bits per heavy atom. The molecule has 4 aliphatic rings. The van der Waals surface area contributed by atoms with Gasteiger partial charge < -0.3 is 4.90 Å². The van der Waals surface area contributed by atoms with Crippen molar-refractivity contribution >= 4 is 28.1 Å². The minimum absolute atomic E-state index is 0.923. The number of anilines is 1. The zero-order chi connectivity index (χ0) is 12.4. The van der Waals surface area contributed by atoms with Crippen molar-refractivity contribution in [2.45, 2.75) is 25.7 Å². The van der Waals surface area contributed by atoms with Crippen LogP contribution in [0.1, 0.15) is 28.8 Å². The summed E-state index contributed by atoms with van der Waals surface area (Å²) in [6.07, 6.45) is 5.20. The van der Waals surface area contributed by atoms with Crippen LogP contribution in [-0.4, -0.2) is 42.9 Å². The van der Waals surface area contributed by atoms with E-state index in [4.69, 9.17) is 9.98 Å². The fraction of sp³-hybridized carbons (Fsp3) is 0.571. The van der Waals surface area contributed by atoms with Gasteiger partial charge in [-0.15, -0.1) is 11.3 Å². The highest BCUT2D eigenvalue weighted by Gasteiger charge is 2.41. The van der Waals surface area contributed by atoms with Gasteiger partial charge in [0.15, 0.2) is 0 Å². The molecule has 1 aromatic heterocycles. The maximum atomic E-state index is 4.78. The Morgan fingerprint density at radius 1 is 0.947 bits per heavy atom. The molecule has 4 nitrogen and oxygen atoms in total. The second kappa shape index (κ2) is 3.60. The van der Waals surface area contributed by atoms with E-state index >= 15 is 0 Å². The van der Waals surface area contributed by atoms with E-state index < -0.39 is 0 Å². The molecule has 19 heavy (non-hydrogen) atoms. The summed E-state index contributed by atoms with van der Waals surface area (Å²) >= 11 is 2.00. The van der Waals surface area contributed by atoms with Crippen LogP contribution < -0.4 is 4.90 Å². The van der Waals surface area contributed by atoms with Crippen molar-refractivity contribution in [3.63, 3.8) is 0 Å². The number of fused-ring (bicyclic) bond motifs is 8. The highest BCUT2D eigenvalue weighted by molar-refractivity contribution is 7.17. The Hall–Kier alpha value is -1.36. The molecule has 0 N–H and O–H groups in total. The summed E-state index contributed by atoms with van der Waals surface area (Å²) in [6, 6.07) is 0. The number of aryl methyl sites for hydroxylation is 1. The summed E-state index contributed by atoms with van der Waals surface area (Å²) in [5.74, 6) is 2.37. The van der Waals surface area contributed by atoms with Crippen LogP contribution in [0.4, 0.5) is 5.00 Å². The first-order valence-electron chi connectivity index (χ1n) is 7.22. The Kier molecular flexibility index (Phi) is 1.97. The number of hydrogen-bond acceptors (Lipinski definition) is 5. The molecule has 5 rings (SSSR count). The van der Waals surface area contributed by atoms with E-state index in [2.05, 4.69) is 9.80 Å². The third-order valence-corrected chi connectivity index (χ3v) is 5.84. The molecule has 0 atom stereocenters. The van der Waals surface area contributed by atoms with Gasteiger partial charge in [-0.3, -0.25) is 14.9 Å². The maximum Gasteiger partial charge on any atom is 0.207 e. The van der Waals surface area contributed by atoms with Crippen LogP contribution in [0.2, 0.25) is 0 Å². The van der Waals surface area contributed by atoms with Gasteiger partial charge in [-0.25, -0.2) is 0 Å². The molecule has 0 spiro atoms. The number of thiophene rings is 1. The van der Waals surface area contributed by atoms with E-state index in [9.17, 15) is 0 Å². The summed E-state index contributed by atoms with van der Waals surface area (Å²) in [5, 5.41) is 1.43. The average molecular weight is 272 g/mol. The first-order valence-corrected chi connectivity index (χ1v) is 8.04. The molecular weight excluding hydrogens is 256 g/mol. The van der Waals surface area contributed by atoms with Gasteiger partial charge in [0.05, 0.1) is 18.7 Å². The standard InChI is InChI=1S/C14H16N4S/c1-2-4-10-9(3-1)11-12-15-5-7-17(12)14-16-6-8-18(14)13(11)19-10/h1-8H2. The Balaban J connectivity index is 1.78. The number of nitrogens with zero attached hydrogens (tertiary/aromatic N) is 4. The van der Waals surface area contributed by atoms with Gasteiger partial charge in [-0.1, -0.05) is 0 Å². The van der Waals surface area contributed by atoms with Crippen LogP contribution in [0.3, 0.4) is 0 Å². The van der Waals surface area contributed by atoms with Gasteiger partial charge >= 0.3 is 0 Å². The average Bonchev–Trinajstić information content (AvgIpc) is 3.14. The van der Waals surface area contributed by atoms with Crippen LogP contribution in [0.5, 0.6) is 0 Å².